The Morgan fingerprint density at radius 1 is 1.11 bits per heavy atom. The first kappa shape index (κ1) is 14.9. The Labute approximate surface area is 116 Å². The highest BCUT2D eigenvalue weighted by molar-refractivity contribution is 6.39. The Balaban J connectivity index is 3.55. The van der Waals surface area contributed by atoms with Crippen LogP contribution in [0.1, 0.15) is 19.4 Å². The Bertz CT molecular complexity index is 479. The van der Waals surface area contributed by atoms with Crippen molar-refractivity contribution in [2.75, 3.05) is 14.2 Å². The smallest absolute Gasteiger partial charge is 0.152 e. The molecule has 0 radical (unpaired) electrons. The molecule has 0 amide bonds. The van der Waals surface area contributed by atoms with Crippen molar-refractivity contribution in [3.8, 4) is 11.5 Å². The molecule has 1 aromatic rings. The second-order valence-electron chi connectivity index (χ2n) is 3.72. The molecule has 98 valence electrons. The highest BCUT2D eigenvalue weighted by Crippen LogP contribution is 2.43. The summed E-state index contributed by atoms with van der Waals surface area (Å²) < 4.78 is 10.3. The molecular weight excluding hydrogens is 275 g/mol. The minimum atomic E-state index is -0.0820. The molecule has 5 heteroatoms. The molecule has 0 heterocycles. The number of ketones is 1. The molecule has 0 fully saturated rings. The van der Waals surface area contributed by atoms with Gasteiger partial charge in [0.2, 0.25) is 0 Å². The van der Waals surface area contributed by atoms with Crippen LogP contribution in [-0.4, -0.2) is 20.0 Å². The quantitative estimate of drug-likeness (QED) is 0.786. The van der Waals surface area contributed by atoms with E-state index in [9.17, 15) is 4.79 Å². The summed E-state index contributed by atoms with van der Waals surface area (Å²) in [6, 6.07) is 1.61. The fraction of sp³-hybridized carbons (Fsp3) is 0.308. The number of rotatable bonds is 4. The molecule has 0 aliphatic heterocycles. The zero-order valence-electron chi connectivity index (χ0n) is 10.6. The molecule has 0 atom stereocenters. The van der Waals surface area contributed by atoms with Crippen LogP contribution >= 0.6 is 23.2 Å². The number of allylic oxidation sites excluding steroid dienone is 2. The van der Waals surface area contributed by atoms with Gasteiger partial charge >= 0.3 is 0 Å². The second-order valence-corrected chi connectivity index (χ2v) is 4.48. The van der Waals surface area contributed by atoms with Crippen LogP contribution in [0, 0.1) is 0 Å². The molecule has 0 bridgehead atoms. The SMILES string of the molecule is COc1cc(OC)c(Cl)c(/C(C)=C/C(C)=O)c1Cl. The van der Waals surface area contributed by atoms with Crippen molar-refractivity contribution >= 4 is 34.6 Å². The Morgan fingerprint density at radius 2 is 1.56 bits per heavy atom. The lowest BCUT2D eigenvalue weighted by Gasteiger charge is -2.14. The normalized spacial score (nSPS) is 11.3. The fourth-order valence-corrected chi connectivity index (χ4v) is 2.41. The Kier molecular flexibility index (Phi) is 5.05. The van der Waals surface area contributed by atoms with Gasteiger partial charge in [-0.25, -0.2) is 0 Å². The van der Waals surface area contributed by atoms with Crippen LogP contribution in [0.3, 0.4) is 0 Å². The first-order valence-corrected chi connectivity index (χ1v) is 5.97. The maximum atomic E-state index is 11.1. The monoisotopic (exact) mass is 288 g/mol. The van der Waals surface area contributed by atoms with Crippen LogP contribution in [0.5, 0.6) is 11.5 Å². The summed E-state index contributed by atoms with van der Waals surface area (Å²) in [5, 5.41) is 0.719. The van der Waals surface area contributed by atoms with E-state index in [1.807, 2.05) is 0 Å². The van der Waals surface area contributed by atoms with E-state index in [1.165, 1.54) is 27.2 Å². The van der Waals surface area contributed by atoms with Crippen LogP contribution in [0.2, 0.25) is 10.0 Å². The van der Waals surface area contributed by atoms with Gasteiger partial charge in [-0.15, -0.1) is 0 Å². The minimum absolute atomic E-state index is 0.0820. The van der Waals surface area contributed by atoms with Crippen molar-refractivity contribution in [2.45, 2.75) is 13.8 Å². The predicted molar refractivity (Wildman–Crippen MR) is 73.9 cm³/mol. The predicted octanol–water partition coefficient (Wildman–Crippen LogP) is 4.00. The van der Waals surface area contributed by atoms with Gasteiger partial charge in [0, 0.05) is 11.6 Å². The highest BCUT2D eigenvalue weighted by Gasteiger charge is 2.18. The van der Waals surface area contributed by atoms with Gasteiger partial charge in [-0.3, -0.25) is 4.79 Å². The number of halogens is 2. The van der Waals surface area contributed by atoms with Crippen molar-refractivity contribution in [2.24, 2.45) is 0 Å². The highest BCUT2D eigenvalue weighted by atomic mass is 35.5. The maximum Gasteiger partial charge on any atom is 0.152 e. The average molecular weight is 289 g/mol. The van der Waals surface area contributed by atoms with Gasteiger partial charge in [0.1, 0.15) is 11.5 Å². The van der Waals surface area contributed by atoms with Crippen LogP contribution in [0.25, 0.3) is 5.57 Å². The molecule has 0 aliphatic rings. The third-order valence-electron chi connectivity index (χ3n) is 2.39. The molecule has 0 aliphatic carbocycles. The summed E-state index contributed by atoms with van der Waals surface area (Å²) in [5.74, 6) is 0.815. The van der Waals surface area contributed by atoms with E-state index in [0.717, 1.165) is 0 Å². The molecule has 18 heavy (non-hydrogen) atoms. The number of methoxy groups -OCH3 is 2. The molecule has 0 saturated heterocycles. The van der Waals surface area contributed by atoms with E-state index in [4.69, 9.17) is 32.7 Å². The van der Waals surface area contributed by atoms with E-state index in [0.29, 0.717) is 32.7 Å². The molecule has 3 nitrogen and oxygen atoms in total. The van der Waals surface area contributed by atoms with E-state index in [2.05, 4.69) is 0 Å². The van der Waals surface area contributed by atoms with Crippen molar-refractivity contribution in [3.05, 3.63) is 27.8 Å². The van der Waals surface area contributed by atoms with Crippen molar-refractivity contribution in [3.63, 3.8) is 0 Å². The van der Waals surface area contributed by atoms with Crippen molar-refractivity contribution in [1.29, 1.82) is 0 Å². The third kappa shape index (κ3) is 2.98. The summed E-state index contributed by atoms with van der Waals surface area (Å²) in [6.07, 6.45) is 1.46. The molecule has 0 aromatic heterocycles. The summed E-state index contributed by atoms with van der Waals surface area (Å²) in [6.45, 7) is 3.22. The summed E-state index contributed by atoms with van der Waals surface area (Å²) in [5.41, 5.74) is 1.21. The zero-order chi connectivity index (χ0) is 13.9. The summed E-state index contributed by atoms with van der Waals surface area (Å²) in [4.78, 5) is 11.1. The van der Waals surface area contributed by atoms with E-state index >= 15 is 0 Å². The van der Waals surface area contributed by atoms with E-state index in [-0.39, 0.29) is 5.78 Å². The molecule has 0 N–H and O–H groups in total. The molecule has 1 rings (SSSR count). The minimum Gasteiger partial charge on any atom is -0.495 e. The van der Waals surface area contributed by atoms with Gasteiger partial charge in [0.15, 0.2) is 5.78 Å². The van der Waals surface area contributed by atoms with Gasteiger partial charge in [-0.2, -0.15) is 0 Å². The average Bonchev–Trinajstić information content (AvgIpc) is 2.28. The standard InChI is InChI=1S/C13H14Cl2O3/c1-7(5-8(2)16)11-12(14)9(17-3)6-10(18-4)13(11)15/h5-6H,1-4H3/b7-5+. The number of hydrogen-bond acceptors (Lipinski definition) is 3. The molecule has 1 aromatic carbocycles. The number of hydrogen-bond donors (Lipinski definition) is 0. The summed E-state index contributed by atoms with van der Waals surface area (Å²) >= 11 is 12.4. The first-order chi connectivity index (χ1) is 8.42. The lowest BCUT2D eigenvalue weighted by molar-refractivity contribution is -0.112. The Hall–Kier alpha value is -1.19. The van der Waals surface area contributed by atoms with Crippen molar-refractivity contribution in [1.82, 2.24) is 0 Å². The van der Waals surface area contributed by atoms with Crippen LogP contribution in [0.15, 0.2) is 12.1 Å². The van der Waals surface area contributed by atoms with Gasteiger partial charge in [0.05, 0.1) is 24.3 Å². The number of ether oxygens (including phenoxy) is 2. The van der Waals surface area contributed by atoms with E-state index in [1.54, 1.807) is 13.0 Å². The molecule has 0 spiro atoms. The topological polar surface area (TPSA) is 35.5 Å². The zero-order valence-corrected chi connectivity index (χ0v) is 12.1. The van der Waals surface area contributed by atoms with E-state index < -0.39 is 0 Å². The number of carbonyl (C=O) groups excluding carboxylic acids is 1. The van der Waals surface area contributed by atoms with Gasteiger partial charge in [-0.05, 0) is 25.5 Å². The van der Waals surface area contributed by atoms with Gasteiger partial charge in [-0.1, -0.05) is 23.2 Å². The maximum absolute atomic E-state index is 11.1. The summed E-state index contributed by atoms with van der Waals surface area (Å²) in [7, 11) is 3.00. The second kappa shape index (κ2) is 6.12. The number of carbonyl (C=O) groups is 1. The van der Waals surface area contributed by atoms with Crippen LogP contribution in [0.4, 0.5) is 0 Å². The fourth-order valence-electron chi connectivity index (χ4n) is 1.61. The van der Waals surface area contributed by atoms with Crippen LogP contribution in [-0.2, 0) is 4.79 Å². The van der Waals surface area contributed by atoms with Crippen LogP contribution < -0.4 is 9.47 Å². The lowest BCUT2D eigenvalue weighted by atomic mass is 10.0. The number of benzene rings is 1. The first-order valence-electron chi connectivity index (χ1n) is 5.21. The molecular formula is C13H14Cl2O3. The lowest BCUT2D eigenvalue weighted by Crippen LogP contribution is -1.96. The largest absolute Gasteiger partial charge is 0.495 e. The molecule has 0 saturated carbocycles. The van der Waals surface area contributed by atoms with Gasteiger partial charge < -0.3 is 9.47 Å². The Morgan fingerprint density at radius 3 is 1.89 bits per heavy atom. The third-order valence-corrected chi connectivity index (χ3v) is 3.14. The van der Waals surface area contributed by atoms with Gasteiger partial charge in [0.25, 0.3) is 0 Å². The van der Waals surface area contributed by atoms with Crippen molar-refractivity contribution < 1.29 is 14.3 Å². The molecule has 0 unspecified atom stereocenters.